The van der Waals surface area contributed by atoms with Crippen molar-refractivity contribution in [2.75, 3.05) is 0 Å². The van der Waals surface area contributed by atoms with Crippen LogP contribution in [-0.2, 0) is 0 Å². The molecule has 0 aliphatic heterocycles. The maximum Gasteiger partial charge on any atom is 0.0130 e. The fraction of sp³-hybridized carbons (Fsp3) is 0.455. The van der Waals surface area contributed by atoms with Crippen molar-refractivity contribution in [1.82, 2.24) is 0 Å². The van der Waals surface area contributed by atoms with Gasteiger partial charge in [-0.2, -0.15) is 0 Å². The molecule has 2 atom stereocenters. The Bertz CT molecular complexity index is 281. The molecule has 13 heavy (non-hydrogen) atoms. The Hall–Kier alpha value is -0.0900. The topological polar surface area (TPSA) is 26.0 Å². The summed E-state index contributed by atoms with van der Waals surface area (Å²) in [7, 11) is 0. The van der Waals surface area contributed by atoms with Crippen LogP contribution >= 0.6 is 22.6 Å². The summed E-state index contributed by atoms with van der Waals surface area (Å²) in [6.45, 7) is 0. The van der Waals surface area contributed by atoms with Crippen LogP contribution in [-0.4, -0.2) is 6.04 Å². The smallest absolute Gasteiger partial charge is 0.0130 e. The molecular weight excluding hydrogens is 273 g/mol. The highest BCUT2D eigenvalue weighted by molar-refractivity contribution is 14.1. The molecule has 1 saturated carbocycles. The molecule has 0 saturated heterocycles. The van der Waals surface area contributed by atoms with Crippen molar-refractivity contribution in [3.8, 4) is 0 Å². The molecule has 2 heteroatoms. The van der Waals surface area contributed by atoms with E-state index in [1.54, 1.807) is 0 Å². The zero-order valence-corrected chi connectivity index (χ0v) is 9.70. The van der Waals surface area contributed by atoms with Crippen LogP contribution in [0.15, 0.2) is 24.3 Å². The first-order valence-electron chi connectivity index (χ1n) is 4.78. The summed E-state index contributed by atoms with van der Waals surface area (Å²) >= 11 is 2.33. The zero-order valence-electron chi connectivity index (χ0n) is 7.54. The quantitative estimate of drug-likeness (QED) is 0.790. The van der Waals surface area contributed by atoms with Crippen LogP contribution in [0, 0.1) is 3.57 Å². The highest BCUT2D eigenvalue weighted by atomic mass is 127. The van der Waals surface area contributed by atoms with Crippen LogP contribution in [0.25, 0.3) is 0 Å². The molecule has 1 aliphatic carbocycles. The van der Waals surface area contributed by atoms with Crippen LogP contribution in [0.5, 0.6) is 0 Å². The van der Waals surface area contributed by atoms with Crippen LogP contribution < -0.4 is 5.73 Å². The predicted molar refractivity (Wildman–Crippen MR) is 63.7 cm³/mol. The highest BCUT2D eigenvalue weighted by Gasteiger charge is 2.24. The lowest BCUT2D eigenvalue weighted by Crippen LogP contribution is -2.22. The van der Waals surface area contributed by atoms with Gasteiger partial charge in [0.15, 0.2) is 0 Å². The van der Waals surface area contributed by atoms with Gasteiger partial charge in [0, 0.05) is 9.61 Å². The van der Waals surface area contributed by atoms with Gasteiger partial charge in [0.1, 0.15) is 0 Å². The summed E-state index contributed by atoms with van der Waals surface area (Å²) < 4.78 is 1.30. The second kappa shape index (κ2) is 3.96. The van der Waals surface area contributed by atoms with Gasteiger partial charge >= 0.3 is 0 Å². The van der Waals surface area contributed by atoms with E-state index in [1.165, 1.54) is 28.4 Å². The molecule has 0 aromatic heterocycles. The van der Waals surface area contributed by atoms with Crippen LogP contribution in [0.1, 0.15) is 30.7 Å². The van der Waals surface area contributed by atoms with E-state index in [2.05, 4.69) is 46.9 Å². The molecular formula is C11H14IN. The molecule has 1 aliphatic rings. The Morgan fingerprint density at radius 2 is 1.85 bits per heavy atom. The summed E-state index contributed by atoms with van der Waals surface area (Å²) in [5.41, 5.74) is 7.47. The molecule has 0 radical (unpaired) electrons. The van der Waals surface area contributed by atoms with E-state index >= 15 is 0 Å². The molecule has 2 rings (SSSR count). The predicted octanol–water partition coefficient (Wildman–Crippen LogP) is 2.89. The third-order valence-corrected chi connectivity index (χ3v) is 3.59. The molecule has 2 N–H and O–H groups in total. The molecule has 1 nitrogen and oxygen atoms in total. The van der Waals surface area contributed by atoms with Gasteiger partial charge < -0.3 is 5.73 Å². The Kier molecular flexibility index (Phi) is 2.89. The zero-order chi connectivity index (χ0) is 9.26. The first-order chi connectivity index (χ1) is 6.27. The summed E-state index contributed by atoms with van der Waals surface area (Å²) in [6.07, 6.45) is 3.75. The minimum absolute atomic E-state index is 0.389. The maximum absolute atomic E-state index is 6.05. The Morgan fingerprint density at radius 1 is 1.15 bits per heavy atom. The molecule has 1 aromatic rings. The third kappa shape index (κ3) is 2.05. The van der Waals surface area contributed by atoms with E-state index in [9.17, 15) is 0 Å². The van der Waals surface area contributed by atoms with E-state index in [-0.39, 0.29) is 0 Å². The second-order valence-corrected chi connectivity index (χ2v) is 5.00. The molecule has 70 valence electrons. The number of rotatable bonds is 1. The summed E-state index contributed by atoms with van der Waals surface area (Å²) in [4.78, 5) is 0. The van der Waals surface area contributed by atoms with Crippen LogP contribution in [0.4, 0.5) is 0 Å². The largest absolute Gasteiger partial charge is 0.327 e. The number of hydrogen-bond acceptors (Lipinski definition) is 1. The van der Waals surface area contributed by atoms with Gasteiger partial charge in [-0.1, -0.05) is 18.6 Å². The molecule has 0 unspecified atom stereocenters. The van der Waals surface area contributed by atoms with E-state index in [1.807, 2.05) is 0 Å². The lowest BCUT2D eigenvalue weighted by atomic mass is 9.95. The fourth-order valence-electron chi connectivity index (χ4n) is 2.11. The van der Waals surface area contributed by atoms with Gasteiger partial charge in [-0.15, -0.1) is 0 Å². The summed E-state index contributed by atoms with van der Waals surface area (Å²) in [5.74, 6) is 0.608. The van der Waals surface area contributed by atoms with Gasteiger partial charge in [-0.3, -0.25) is 0 Å². The average Bonchev–Trinajstić information content (AvgIpc) is 2.53. The fourth-order valence-corrected chi connectivity index (χ4v) is 2.47. The minimum atomic E-state index is 0.389. The summed E-state index contributed by atoms with van der Waals surface area (Å²) in [6, 6.07) is 9.16. The number of halogens is 1. The second-order valence-electron chi connectivity index (χ2n) is 3.75. The Balaban J connectivity index is 2.20. The molecule has 0 heterocycles. The first kappa shape index (κ1) is 9.46. The normalized spacial score (nSPS) is 27.8. The maximum atomic E-state index is 6.05. The third-order valence-electron chi connectivity index (χ3n) is 2.87. The standard InChI is InChI=1S/C11H14IN/c12-9-6-4-8(5-7-9)10-2-1-3-11(10)13/h4-7,10-11H,1-3,13H2/t10-,11+/m0/s1. The Morgan fingerprint density at radius 3 is 2.38 bits per heavy atom. The lowest BCUT2D eigenvalue weighted by molar-refractivity contribution is 0.613. The van der Waals surface area contributed by atoms with Gasteiger partial charge in [-0.25, -0.2) is 0 Å². The average molecular weight is 287 g/mol. The number of benzene rings is 1. The molecule has 0 spiro atoms. The van der Waals surface area contributed by atoms with E-state index in [4.69, 9.17) is 5.73 Å². The van der Waals surface area contributed by atoms with Gasteiger partial charge in [-0.05, 0) is 59.0 Å². The van der Waals surface area contributed by atoms with Crippen molar-refractivity contribution in [2.45, 2.75) is 31.2 Å². The van der Waals surface area contributed by atoms with E-state index in [0.29, 0.717) is 12.0 Å². The number of nitrogens with two attached hydrogens (primary N) is 1. The van der Waals surface area contributed by atoms with Crippen molar-refractivity contribution in [1.29, 1.82) is 0 Å². The molecule has 0 bridgehead atoms. The van der Waals surface area contributed by atoms with Crippen LogP contribution in [0.2, 0.25) is 0 Å². The molecule has 1 aromatic carbocycles. The SMILES string of the molecule is N[C@@H]1CCC[C@H]1c1ccc(I)cc1. The monoisotopic (exact) mass is 287 g/mol. The van der Waals surface area contributed by atoms with Gasteiger partial charge in [0.25, 0.3) is 0 Å². The lowest BCUT2D eigenvalue weighted by Gasteiger charge is -2.15. The summed E-state index contributed by atoms with van der Waals surface area (Å²) in [5, 5.41) is 0. The van der Waals surface area contributed by atoms with Crippen LogP contribution in [0.3, 0.4) is 0 Å². The Labute approximate surface area is 92.9 Å². The van der Waals surface area contributed by atoms with Crippen molar-refractivity contribution in [3.05, 3.63) is 33.4 Å². The van der Waals surface area contributed by atoms with E-state index < -0.39 is 0 Å². The number of hydrogen-bond donors (Lipinski definition) is 1. The minimum Gasteiger partial charge on any atom is -0.327 e. The van der Waals surface area contributed by atoms with Crippen molar-refractivity contribution in [3.63, 3.8) is 0 Å². The van der Waals surface area contributed by atoms with Gasteiger partial charge in [0.2, 0.25) is 0 Å². The van der Waals surface area contributed by atoms with Crippen molar-refractivity contribution >= 4 is 22.6 Å². The van der Waals surface area contributed by atoms with E-state index in [0.717, 1.165) is 0 Å². The highest BCUT2D eigenvalue weighted by Crippen LogP contribution is 2.33. The molecule has 0 amide bonds. The molecule has 1 fully saturated rings. The van der Waals surface area contributed by atoms with Gasteiger partial charge in [0.05, 0.1) is 0 Å². The van der Waals surface area contributed by atoms with Crippen molar-refractivity contribution in [2.24, 2.45) is 5.73 Å². The van der Waals surface area contributed by atoms with Crippen molar-refractivity contribution < 1.29 is 0 Å². The first-order valence-corrected chi connectivity index (χ1v) is 5.86.